The molecule has 0 saturated heterocycles. The van der Waals surface area contributed by atoms with Crippen molar-refractivity contribution in [3.63, 3.8) is 0 Å². The zero-order valence-electron chi connectivity index (χ0n) is 8.43. The number of allylic oxidation sites excluding steroid dienone is 1. The molecular formula is C12H11NO2. The highest BCUT2D eigenvalue weighted by Crippen LogP contribution is 2.20. The van der Waals surface area contributed by atoms with E-state index >= 15 is 0 Å². The molecule has 1 aliphatic rings. The van der Waals surface area contributed by atoms with Crippen LogP contribution in [0.1, 0.15) is 12.5 Å². The molecule has 0 aliphatic carbocycles. The number of amides is 1. The molecule has 0 fully saturated rings. The molecule has 3 heteroatoms. The summed E-state index contributed by atoms with van der Waals surface area (Å²) in [6.45, 7) is 4.00. The van der Waals surface area contributed by atoms with Gasteiger partial charge < -0.3 is 4.74 Å². The van der Waals surface area contributed by atoms with Crippen LogP contribution < -0.4 is 0 Å². The maximum Gasteiger partial charge on any atom is 0.321 e. The summed E-state index contributed by atoms with van der Waals surface area (Å²) >= 11 is 0. The summed E-state index contributed by atoms with van der Waals surface area (Å²) in [5, 5.41) is 0. The van der Waals surface area contributed by atoms with E-state index in [0.717, 1.165) is 11.3 Å². The molecule has 1 aromatic rings. The number of benzene rings is 1. The van der Waals surface area contributed by atoms with Crippen LogP contribution in [0.2, 0.25) is 0 Å². The smallest absolute Gasteiger partial charge is 0.321 e. The summed E-state index contributed by atoms with van der Waals surface area (Å²) in [7, 11) is 0. The zero-order chi connectivity index (χ0) is 10.7. The Bertz CT molecular complexity index is 384. The van der Waals surface area contributed by atoms with Crippen molar-refractivity contribution in [1.82, 2.24) is 4.90 Å². The highest BCUT2D eigenvalue weighted by molar-refractivity contribution is 5.76. The van der Waals surface area contributed by atoms with Gasteiger partial charge >= 0.3 is 6.73 Å². The fourth-order valence-corrected chi connectivity index (χ4v) is 1.45. The van der Waals surface area contributed by atoms with E-state index in [1.165, 1.54) is 11.8 Å². The van der Waals surface area contributed by atoms with E-state index in [2.05, 4.69) is 6.73 Å². The summed E-state index contributed by atoms with van der Waals surface area (Å²) in [5.41, 5.74) is 1.95. The lowest BCUT2D eigenvalue weighted by Gasteiger charge is -2.13. The first kappa shape index (κ1) is 9.77. The van der Waals surface area contributed by atoms with Gasteiger partial charge in [-0.05, 0) is 5.56 Å². The van der Waals surface area contributed by atoms with Gasteiger partial charge in [0.25, 0.3) is 0 Å². The van der Waals surface area contributed by atoms with Crippen molar-refractivity contribution >= 4 is 5.91 Å². The lowest BCUT2D eigenvalue weighted by molar-refractivity contribution is -0.126. The number of carbonyl (C=O) groups excluding carboxylic acids is 1. The summed E-state index contributed by atoms with van der Waals surface area (Å²) in [6, 6.07) is 9.92. The van der Waals surface area contributed by atoms with Crippen molar-refractivity contribution in [2.45, 2.75) is 13.3 Å². The highest BCUT2D eigenvalue weighted by atomic mass is 16.5. The summed E-state index contributed by atoms with van der Waals surface area (Å²) in [4.78, 5) is 12.6. The second-order valence-corrected chi connectivity index (χ2v) is 3.34. The van der Waals surface area contributed by atoms with Gasteiger partial charge in [-0.3, -0.25) is 9.69 Å². The average Bonchev–Trinajstić information content (AvgIpc) is 2.67. The van der Waals surface area contributed by atoms with Crippen molar-refractivity contribution in [2.75, 3.05) is 0 Å². The predicted octanol–water partition coefficient (Wildman–Crippen LogP) is 1.95. The number of rotatable bonds is 2. The Kier molecular flexibility index (Phi) is 2.72. The predicted molar refractivity (Wildman–Crippen MR) is 55.1 cm³/mol. The Morgan fingerprint density at radius 1 is 1.40 bits per heavy atom. The van der Waals surface area contributed by atoms with Crippen molar-refractivity contribution < 1.29 is 9.53 Å². The minimum absolute atomic E-state index is 0.0883. The molecule has 76 valence electrons. The fourth-order valence-electron chi connectivity index (χ4n) is 1.45. The zero-order valence-corrected chi connectivity index (χ0v) is 8.43. The summed E-state index contributed by atoms with van der Waals surface area (Å²) in [5.74, 6) is -0.0883. The van der Waals surface area contributed by atoms with E-state index in [9.17, 15) is 4.79 Å². The molecule has 0 unspecified atom stereocenters. The standard InChI is InChI=1S/C12H11NO2/c1-10(14)13-9-15-8-12(13)7-11-5-3-2-4-6-11/h2-6,8H,7H2,1H3. The van der Waals surface area contributed by atoms with Crippen LogP contribution in [-0.4, -0.2) is 10.8 Å². The molecule has 0 saturated carbocycles. The van der Waals surface area contributed by atoms with E-state index in [4.69, 9.17) is 4.74 Å². The number of carbonyl (C=O) groups is 1. The first-order valence-corrected chi connectivity index (χ1v) is 4.72. The first-order valence-electron chi connectivity index (χ1n) is 4.72. The largest absolute Gasteiger partial charge is 0.461 e. The Balaban J connectivity index is 2.09. The first-order chi connectivity index (χ1) is 7.27. The molecule has 0 atom stereocenters. The molecule has 1 aromatic carbocycles. The molecule has 15 heavy (non-hydrogen) atoms. The van der Waals surface area contributed by atoms with Gasteiger partial charge in [0.2, 0.25) is 5.91 Å². The third-order valence-corrected chi connectivity index (χ3v) is 2.17. The summed E-state index contributed by atoms with van der Waals surface area (Å²) < 4.78 is 4.90. The third kappa shape index (κ3) is 2.18. The van der Waals surface area contributed by atoms with Crippen LogP contribution in [0.4, 0.5) is 0 Å². The second kappa shape index (κ2) is 4.17. The fraction of sp³-hybridized carbons (Fsp3) is 0.167. The Labute approximate surface area is 89.0 Å². The van der Waals surface area contributed by atoms with Gasteiger partial charge in [0.15, 0.2) is 0 Å². The number of nitrogens with zero attached hydrogens (tertiary/aromatic N) is 1. The summed E-state index contributed by atoms with van der Waals surface area (Å²) in [6.07, 6.45) is 2.22. The average molecular weight is 201 g/mol. The molecule has 2 rings (SSSR count). The minimum atomic E-state index is -0.0883. The van der Waals surface area contributed by atoms with Gasteiger partial charge in [-0.1, -0.05) is 30.3 Å². The SMILES string of the molecule is CC(=O)N1[C]OC=C1Cc1ccccc1. The van der Waals surface area contributed by atoms with Crippen LogP contribution in [0.3, 0.4) is 0 Å². The maximum atomic E-state index is 11.2. The molecule has 3 nitrogen and oxygen atoms in total. The van der Waals surface area contributed by atoms with Gasteiger partial charge in [0.1, 0.15) is 6.26 Å². The van der Waals surface area contributed by atoms with E-state index in [1.54, 1.807) is 6.26 Å². The second-order valence-electron chi connectivity index (χ2n) is 3.34. The van der Waals surface area contributed by atoms with E-state index in [-0.39, 0.29) is 5.91 Å². The quantitative estimate of drug-likeness (QED) is 0.731. The van der Waals surface area contributed by atoms with Crippen molar-refractivity contribution in [1.29, 1.82) is 0 Å². The molecule has 2 radical (unpaired) electrons. The van der Waals surface area contributed by atoms with Gasteiger partial charge in [-0.25, -0.2) is 0 Å². The van der Waals surface area contributed by atoms with Crippen LogP contribution in [0, 0.1) is 6.73 Å². The highest BCUT2D eigenvalue weighted by Gasteiger charge is 2.22. The number of hydrogen-bond acceptors (Lipinski definition) is 2. The third-order valence-electron chi connectivity index (χ3n) is 2.17. The lowest BCUT2D eigenvalue weighted by Crippen LogP contribution is -2.22. The van der Waals surface area contributed by atoms with Crippen LogP contribution in [0.5, 0.6) is 0 Å². The number of hydrogen-bond donors (Lipinski definition) is 0. The Morgan fingerprint density at radius 2 is 2.13 bits per heavy atom. The molecule has 1 aliphatic heterocycles. The molecule has 1 amide bonds. The Hall–Kier alpha value is -1.77. The normalized spacial score (nSPS) is 14.7. The molecule has 0 N–H and O–H groups in total. The molecule has 0 aromatic heterocycles. The molecule has 0 spiro atoms. The van der Waals surface area contributed by atoms with Crippen LogP contribution in [-0.2, 0) is 16.0 Å². The molecular weight excluding hydrogens is 190 g/mol. The van der Waals surface area contributed by atoms with Crippen LogP contribution in [0.15, 0.2) is 42.3 Å². The van der Waals surface area contributed by atoms with Crippen LogP contribution >= 0.6 is 0 Å². The molecule has 0 bridgehead atoms. The van der Waals surface area contributed by atoms with Gasteiger partial charge in [0, 0.05) is 13.3 Å². The van der Waals surface area contributed by atoms with E-state index < -0.39 is 0 Å². The van der Waals surface area contributed by atoms with Crippen LogP contribution in [0.25, 0.3) is 0 Å². The molecule has 1 heterocycles. The van der Waals surface area contributed by atoms with Crippen molar-refractivity contribution in [3.05, 3.63) is 54.6 Å². The van der Waals surface area contributed by atoms with E-state index in [1.807, 2.05) is 30.3 Å². The van der Waals surface area contributed by atoms with Gasteiger partial charge in [-0.15, -0.1) is 0 Å². The Morgan fingerprint density at radius 3 is 2.80 bits per heavy atom. The number of ether oxygens (including phenoxy) is 1. The monoisotopic (exact) mass is 201 g/mol. The minimum Gasteiger partial charge on any atom is -0.461 e. The van der Waals surface area contributed by atoms with Crippen molar-refractivity contribution in [3.8, 4) is 0 Å². The maximum absolute atomic E-state index is 11.2. The van der Waals surface area contributed by atoms with Gasteiger partial charge in [0.05, 0.1) is 5.70 Å². The lowest BCUT2D eigenvalue weighted by atomic mass is 10.1. The van der Waals surface area contributed by atoms with Gasteiger partial charge in [-0.2, -0.15) is 0 Å². The van der Waals surface area contributed by atoms with Crippen molar-refractivity contribution in [2.24, 2.45) is 0 Å². The topological polar surface area (TPSA) is 29.5 Å². The van der Waals surface area contributed by atoms with E-state index in [0.29, 0.717) is 6.42 Å².